The summed E-state index contributed by atoms with van der Waals surface area (Å²) >= 11 is 0. The molecular weight excluding hydrogens is 416 g/mol. The first-order chi connectivity index (χ1) is 16.8. The largest absolute Gasteiger partial charge is 0.465 e. The van der Waals surface area contributed by atoms with Crippen LogP contribution in [0.25, 0.3) is 44.5 Å². The number of benzene rings is 5. The van der Waals surface area contributed by atoms with E-state index in [1.54, 1.807) is 0 Å². The summed E-state index contributed by atoms with van der Waals surface area (Å²) in [5.74, 6) is -0.348. The quantitative estimate of drug-likeness (QED) is 0.258. The molecule has 0 saturated carbocycles. The SMILES string of the molecule is COC(=O)c1cc(-c2ccccc2)ccc1-c1ccccc1-c1ccccc1-c1ccccc1. The van der Waals surface area contributed by atoms with Crippen LogP contribution in [0.2, 0.25) is 0 Å². The van der Waals surface area contributed by atoms with Crippen molar-refractivity contribution in [2.45, 2.75) is 0 Å². The first-order valence-corrected chi connectivity index (χ1v) is 11.3. The molecule has 0 atom stereocenters. The molecule has 5 rings (SSSR count). The number of esters is 1. The molecule has 0 aliphatic carbocycles. The molecule has 0 aliphatic heterocycles. The number of methoxy groups -OCH3 is 1. The van der Waals surface area contributed by atoms with Crippen LogP contribution in [0.5, 0.6) is 0 Å². The van der Waals surface area contributed by atoms with Gasteiger partial charge in [0, 0.05) is 0 Å². The van der Waals surface area contributed by atoms with Crippen molar-refractivity contribution in [1.82, 2.24) is 0 Å². The standard InChI is InChI=1S/C32H24O2/c1-34-32(33)31-22-25(23-12-4-2-5-13-23)20-21-30(31)29-19-11-10-18-28(29)27-17-9-8-16-26(27)24-14-6-3-7-15-24/h2-22H,1H3. The number of carbonyl (C=O) groups excluding carboxylic acids is 1. The van der Waals surface area contributed by atoms with Crippen LogP contribution >= 0.6 is 0 Å². The molecule has 0 fully saturated rings. The minimum atomic E-state index is -0.348. The van der Waals surface area contributed by atoms with E-state index in [9.17, 15) is 4.79 Å². The normalized spacial score (nSPS) is 10.6. The third-order valence-electron chi connectivity index (χ3n) is 6.05. The topological polar surface area (TPSA) is 26.3 Å². The van der Waals surface area contributed by atoms with Crippen LogP contribution in [0.1, 0.15) is 10.4 Å². The Morgan fingerprint density at radius 3 is 1.53 bits per heavy atom. The van der Waals surface area contributed by atoms with E-state index in [2.05, 4.69) is 66.7 Å². The zero-order valence-corrected chi connectivity index (χ0v) is 18.9. The molecular formula is C32H24O2. The van der Waals surface area contributed by atoms with Gasteiger partial charge in [0.1, 0.15) is 0 Å². The number of carbonyl (C=O) groups is 1. The number of hydrogen-bond acceptors (Lipinski definition) is 2. The predicted molar refractivity (Wildman–Crippen MR) is 140 cm³/mol. The summed E-state index contributed by atoms with van der Waals surface area (Å²) in [5, 5.41) is 0. The van der Waals surface area contributed by atoms with E-state index in [1.807, 2.05) is 60.7 Å². The van der Waals surface area contributed by atoms with E-state index in [0.29, 0.717) is 5.56 Å². The second-order valence-corrected chi connectivity index (χ2v) is 8.08. The van der Waals surface area contributed by atoms with Crippen molar-refractivity contribution in [1.29, 1.82) is 0 Å². The summed E-state index contributed by atoms with van der Waals surface area (Å²) in [6, 6.07) is 43.1. The fourth-order valence-corrected chi connectivity index (χ4v) is 4.41. The third kappa shape index (κ3) is 4.14. The Kier molecular flexibility index (Phi) is 6.05. The Hall–Kier alpha value is -4.43. The van der Waals surface area contributed by atoms with Gasteiger partial charge >= 0.3 is 5.97 Å². The highest BCUT2D eigenvalue weighted by molar-refractivity contribution is 6.02. The molecule has 0 spiro atoms. The first-order valence-electron chi connectivity index (χ1n) is 11.3. The molecule has 0 unspecified atom stereocenters. The highest BCUT2D eigenvalue weighted by Gasteiger charge is 2.19. The van der Waals surface area contributed by atoms with E-state index in [1.165, 1.54) is 7.11 Å². The summed E-state index contributed by atoms with van der Waals surface area (Å²) < 4.78 is 5.19. The lowest BCUT2D eigenvalue weighted by molar-refractivity contribution is 0.0601. The maximum Gasteiger partial charge on any atom is 0.338 e. The molecule has 2 nitrogen and oxygen atoms in total. The molecule has 0 radical (unpaired) electrons. The van der Waals surface area contributed by atoms with Crippen LogP contribution in [0.3, 0.4) is 0 Å². The summed E-state index contributed by atoms with van der Waals surface area (Å²) in [6.45, 7) is 0. The van der Waals surface area contributed by atoms with Crippen molar-refractivity contribution >= 4 is 5.97 Å². The van der Waals surface area contributed by atoms with Crippen LogP contribution in [0.4, 0.5) is 0 Å². The van der Waals surface area contributed by atoms with E-state index in [0.717, 1.165) is 44.5 Å². The summed E-state index contributed by atoms with van der Waals surface area (Å²) in [4.78, 5) is 12.9. The Labute approximate surface area is 200 Å². The van der Waals surface area contributed by atoms with E-state index < -0.39 is 0 Å². The van der Waals surface area contributed by atoms with Gasteiger partial charge in [-0.05, 0) is 50.6 Å². The summed E-state index contributed by atoms with van der Waals surface area (Å²) in [5.41, 5.74) is 8.92. The molecule has 0 amide bonds. The molecule has 0 bridgehead atoms. The van der Waals surface area contributed by atoms with Crippen molar-refractivity contribution in [3.63, 3.8) is 0 Å². The minimum Gasteiger partial charge on any atom is -0.465 e. The van der Waals surface area contributed by atoms with Gasteiger partial charge in [0.15, 0.2) is 0 Å². The lowest BCUT2D eigenvalue weighted by Crippen LogP contribution is -2.04. The van der Waals surface area contributed by atoms with E-state index in [-0.39, 0.29) is 5.97 Å². The molecule has 164 valence electrons. The minimum absolute atomic E-state index is 0.348. The second-order valence-electron chi connectivity index (χ2n) is 8.08. The van der Waals surface area contributed by atoms with Gasteiger partial charge in [-0.1, -0.05) is 121 Å². The van der Waals surface area contributed by atoms with Crippen LogP contribution in [-0.4, -0.2) is 13.1 Å². The summed E-state index contributed by atoms with van der Waals surface area (Å²) in [6.07, 6.45) is 0. The molecule has 0 heterocycles. The Morgan fingerprint density at radius 1 is 0.471 bits per heavy atom. The van der Waals surface area contributed by atoms with Gasteiger partial charge in [-0.3, -0.25) is 0 Å². The maximum atomic E-state index is 12.9. The predicted octanol–water partition coefficient (Wildman–Crippen LogP) is 8.14. The molecule has 5 aromatic rings. The monoisotopic (exact) mass is 440 g/mol. The average molecular weight is 441 g/mol. The Morgan fingerprint density at radius 2 is 0.941 bits per heavy atom. The highest BCUT2D eigenvalue weighted by atomic mass is 16.5. The van der Waals surface area contributed by atoms with E-state index in [4.69, 9.17) is 4.74 Å². The lowest BCUT2D eigenvalue weighted by atomic mass is 9.87. The molecule has 0 N–H and O–H groups in total. The van der Waals surface area contributed by atoms with Crippen molar-refractivity contribution in [2.24, 2.45) is 0 Å². The summed E-state index contributed by atoms with van der Waals surface area (Å²) in [7, 11) is 1.43. The van der Waals surface area contributed by atoms with Gasteiger partial charge in [0.05, 0.1) is 12.7 Å². The van der Waals surface area contributed by atoms with Gasteiger partial charge in [-0.25, -0.2) is 4.79 Å². The van der Waals surface area contributed by atoms with Gasteiger partial charge in [-0.2, -0.15) is 0 Å². The van der Waals surface area contributed by atoms with Crippen LogP contribution < -0.4 is 0 Å². The van der Waals surface area contributed by atoms with Gasteiger partial charge in [0.25, 0.3) is 0 Å². The smallest absolute Gasteiger partial charge is 0.338 e. The maximum absolute atomic E-state index is 12.9. The molecule has 0 aromatic heterocycles. The fourth-order valence-electron chi connectivity index (χ4n) is 4.41. The number of ether oxygens (including phenoxy) is 1. The lowest BCUT2D eigenvalue weighted by Gasteiger charge is -2.17. The van der Waals surface area contributed by atoms with Crippen molar-refractivity contribution in [2.75, 3.05) is 7.11 Å². The van der Waals surface area contributed by atoms with Crippen LogP contribution in [0.15, 0.2) is 127 Å². The fraction of sp³-hybridized carbons (Fsp3) is 0.0312. The van der Waals surface area contributed by atoms with Crippen molar-refractivity contribution in [3.8, 4) is 44.5 Å². The van der Waals surface area contributed by atoms with Crippen LogP contribution in [-0.2, 0) is 4.74 Å². The van der Waals surface area contributed by atoms with E-state index >= 15 is 0 Å². The molecule has 0 saturated heterocycles. The number of rotatable bonds is 5. The second kappa shape index (κ2) is 9.60. The van der Waals surface area contributed by atoms with Crippen LogP contribution in [0, 0.1) is 0 Å². The third-order valence-corrected chi connectivity index (χ3v) is 6.05. The van der Waals surface area contributed by atoms with Gasteiger partial charge in [-0.15, -0.1) is 0 Å². The van der Waals surface area contributed by atoms with Gasteiger partial charge in [0.2, 0.25) is 0 Å². The van der Waals surface area contributed by atoms with Crippen molar-refractivity contribution < 1.29 is 9.53 Å². The Bertz CT molecular complexity index is 1440. The first kappa shape index (κ1) is 21.4. The highest BCUT2D eigenvalue weighted by Crippen LogP contribution is 2.40. The molecule has 2 heteroatoms. The number of hydrogen-bond donors (Lipinski definition) is 0. The van der Waals surface area contributed by atoms with Crippen molar-refractivity contribution in [3.05, 3.63) is 133 Å². The zero-order valence-electron chi connectivity index (χ0n) is 18.9. The Balaban J connectivity index is 1.71. The molecule has 34 heavy (non-hydrogen) atoms. The zero-order chi connectivity index (χ0) is 23.3. The average Bonchev–Trinajstić information content (AvgIpc) is 2.93. The molecule has 5 aromatic carbocycles. The van der Waals surface area contributed by atoms with Gasteiger partial charge < -0.3 is 4.74 Å². The molecule has 0 aliphatic rings.